The van der Waals surface area contributed by atoms with E-state index in [2.05, 4.69) is 30.6 Å². The number of hydrogen-bond acceptors (Lipinski definition) is 8. The average Bonchev–Trinajstić information content (AvgIpc) is 3.35. The van der Waals surface area contributed by atoms with E-state index in [-0.39, 0.29) is 10.7 Å². The summed E-state index contributed by atoms with van der Waals surface area (Å²) in [4.78, 5) is 19.0. The molecular formula is C17H14ClN7O3. The van der Waals surface area contributed by atoms with Crippen molar-refractivity contribution in [1.29, 1.82) is 0 Å². The molecule has 0 unspecified atom stereocenters. The van der Waals surface area contributed by atoms with Crippen molar-refractivity contribution in [3.05, 3.63) is 41.3 Å². The Kier molecular flexibility index (Phi) is 4.06. The van der Waals surface area contributed by atoms with E-state index in [9.17, 15) is 4.79 Å². The van der Waals surface area contributed by atoms with Gasteiger partial charge in [-0.25, -0.2) is 14.1 Å². The van der Waals surface area contributed by atoms with Crippen molar-refractivity contribution in [2.24, 2.45) is 0 Å². The molecule has 1 saturated heterocycles. The number of amides is 1. The van der Waals surface area contributed by atoms with Crippen LogP contribution >= 0.6 is 11.6 Å². The lowest BCUT2D eigenvalue weighted by Gasteiger charge is -2.28. The maximum atomic E-state index is 12.8. The normalized spacial score (nSPS) is 14.7. The van der Waals surface area contributed by atoms with Crippen molar-refractivity contribution < 1.29 is 14.2 Å². The van der Waals surface area contributed by atoms with Gasteiger partial charge in [-0.3, -0.25) is 4.79 Å². The van der Waals surface area contributed by atoms with Crippen LogP contribution in [-0.2, 0) is 4.74 Å². The molecular weight excluding hydrogens is 386 g/mol. The molecule has 28 heavy (non-hydrogen) atoms. The summed E-state index contributed by atoms with van der Waals surface area (Å²) < 4.78 is 11.8. The molecule has 0 atom stereocenters. The predicted octanol–water partition coefficient (Wildman–Crippen LogP) is 2.01. The molecule has 1 aliphatic heterocycles. The number of rotatable bonds is 3. The van der Waals surface area contributed by atoms with E-state index in [1.165, 1.54) is 4.52 Å². The van der Waals surface area contributed by atoms with Crippen LogP contribution in [0.4, 0.5) is 11.4 Å². The van der Waals surface area contributed by atoms with Crippen molar-refractivity contribution >= 4 is 45.6 Å². The average molecular weight is 400 g/mol. The van der Waals surface area contributed by atoms with E-state index in [1.54, 1.807) is 24.5 Å². The van der Waals surface area contributed by atoms with Crippen molar-refractivity contribution in [2.75, 3.05) is 36.5 Å². The Morgan fingerprint density at radius 2 is 2.00 bits per heavy atom. The van der Waals surface area contributed by atoms with Gasteiger partial charge in [-0.1, -0.05) is 11.6 Å². The van der Waals surface area contributed by atoms with E-state index in [0.717, 1.165) is 18.8 Å². The van der Waals surface area contributed by atoms with E-state index < -0.39 is 5.91 Å². The largest absolute Gasteiger partial charge is 0.378 e. The lowest BCUT2D eigenvalue weighted by Crippen LogP contribution is -2.36. The molecule has 1 N–H and O–H groups in total. The number of hydrogen-bond donors (Lipinski definition) is 1. The Morgan fingerprint density at radius 1 is 1.18 bits per heavy atom. The molecule has 10 nitrogen and oxygen atoms in total. The molecule has 0 spiro atoms. The zero-order chi connectivity index (χ0) is 19.1. The van der Waals surface area contributed by atoms with E-state index in [4.69, 9.17) is 21.0 Å². The number of nitrogens with one attached hydrogen (secondary N) is 1. The van der Waals surface area contributed by atoms with Crippen LogP contribution < -0.4 is 10.2 Å². The Labute approximate surface area is 163 Å². The number of anilines is 2. The first kappa shape index (κ1) is 16.9. The van der Waals surface area contributed by atoms with E-state index in [0.29, 0.717) is 35.6 Å². The third-order valence-electron chi connectivity index (χ3n) is 4.55. The minimum absolute atomic E-state index is 0.0715. The summed E-state index contributed by atoms with van der Waals surface area (Å²) in [6, 6.07) is 5.34. The fourth-order valence-corrected chi connectivity index (χ4v) is 3.46. The van der Waals surface area contributed by atoms with Gasteiger partial charge in [0, 0.05) is 25.5 Å². The van der Waals surface area contributed by atoms with Crippen LogP contribution in [0.5, 0.6) is 0 Å². The molecule has 1 aromatic carbocycles. The molecule has 3 aromatic heterocycles. The second-order valence-corrected chi connectivity index (χ2v) is 6.58. The van der Waals surface area contributed by atoms with Gasteiger partial charge in [-0.15, -0.1) is 0 Å². The highest BCUT2D eigenvalue weighted by Crippen LogP contribution is 2.31. The Morgan fingerprint density at radius 3 is 2.82 bits per heavy atom. The second kappa shape index (κ2) is 6.73. The summed E-state index contributed by atoms with van der Waals surface area (Å²) in [5, 5.41) is 15.1. The van der Waals surface area contributed by atoms with Crippen LogP contribution in [0.25, 0.3) is 16.7 Å². The van der Waals surface area contributed by atoms with Crippen LogP contribution in [0, 0.1) is 0 Å². The van der Waals surface area contributed by atoms with Gasteiger partial charge in [-0.2, -0.15) is 5.10 Å². The Bertz CT molecular complexity index is 1180. The molecule has 0 aliphatic carbocycles. The van der Waals surface area contributed by atoms with Crippen LogP contribution in [0.1, 0.15) is 10.5 Å². The number of carbonyl (C=O) groups excluding carboxylic acids is 1. The number of ether oxygens (including phenoxy) is 1. The zero-order valence-electron chi connectivity index (χ0n) is 14.5. The van der Waals surface area contributed by atoms with E-state index in [1.807, 2.05) is 6.07 Å². The van der Waals surface area contributed by atoms with Gasteiger partial charge < -0.3 is 15.0 Å². The molecule has 0 bridgehead atoms. The first-order chi connectivity index (χ1) is 13.7. The molecule has 1 fully saturated rings. The fourth-order valence-electron chi connectivity index (χ4n) is 3.20. The van der Waals surface area contributed by atoms with Gasteiger partial charge in [0.2, 0.25) is 0 Å². The first-order valence-corrected chi connectivity index (χ1v) is 8.98. The number of aromatic nitrogens is 5. The smallest absolute Gasteiger partial charge is 0.277 e. The van der Waals surface area contributed by atoms with Crippen LogP contribution in [-0.4, -0.2) is 57.1 Å². The third kappa shape index (κ3) is 2.74. The second-order valence-electron chi connectivity index (χ2n) is 6.20. The molecule has 1 amide bonds. The van der Waals surface area contributed by atoms with Crippen molar-refractivity contribution in [2.45, 2.75) is 0 Å². The van der Waals surface area contributed by atoms with Gasteiger partial charge >= 0.3 is 0 Å². The lowest BCUT2D eigenvalue weighted by molar-refractivity contribution is 0.102. The maximum Gasteiger partial charge on any atom is 0.277 e. The molecule has 142 valence electrons. The molecule has 1 aliphatic rings. The van der Waals surface area contributed by atoms with Gasteiger partial charge in [0.1, 0.15) is 5.02 Å². The maximum absolute atomic E-state index is 12.8. The van der Waals surface area contributed by atoms with Gasteiger partial charge in [0.25, 0.3) is 5.91 Å². The number of morpholine rings is 1. The minimum Gasteiger partial charge on any atom is -0.378 e. The first-order valence-electron chi connectivity index (χ1n) is 8.60. The highest BCUT2D eigenvalue weighted by molar-refractivity contribution is 6.37. The summed E-state index contributed by atoms with van der Waals surface area (Å²) >= 11 is 6.27. The molecule has 0 radical (unpaired) electrons. The molecule has 5 rings (SSSR count). The highest BCUT2D eigenvalue weighted by Gasteiger charge is 2.23. The van der Waals surface area contributed by atoms with Crippen molar-refractivity contribution in [1.82, 2.24) is 24.9 Å². The quantitative estimate of drug-likeness (QED) is 0.557. The predicted molar refractivity (Wildman–Crippen MR) is 101 cm³/mol. The SMILES string of the molecule is O=C(Nc1ccc(N2CCOCC2)c2nonc12)c1nn2cccnc2c1Cl. The van der Waals surface area contributed by atoms with Gasteiger partial charge in [0.05, 0.1) is 24.6 Å². The van der Waals surface area contributed by atoms with Crippen molar-refractivity contribution in [3.8, 4) is 0 Å². The number of nitrogens with zero attached hydrogens (tertiary/aromatic N) is 6. The highest BCUT2D eigenvalue weighted by atomic mass is 35.5. The molecule has 11 heteroatoms. The summed E-state index contributed by atoms with van der Waals surface area (Å²) in [6.07, 6.45) is 3.25. The molecule has 0 saturated carbocycles. The Hall–Kier alpha value is -3.24. The zero-order valence-corrected chi connectivity index (χ0v) is 15.3. The molecule has 4 aromatic rings. The van der Waals surface area contributed by atoms with Crippen LogP contribution in [0.15, 0.2) is 35.2 Å². The number of benzene rings is 1. The van der Waals surface area contributed by atoms with Gasteiger partial charge in [-0.05, 0) is 28.5 Å². The summed E-state index contributed by atoms with van der Waals surface area (Å²) in [7, 11) is 0. The van der Waals surface area contributed by atoms with Gasteiger partial charge in [0.15, 0.2) is 22.4 Å². The lowest BCUT2D eigenvalue weighted by atomic mass is 10.2. The van der Waals surface area contributed by atoms with Crippen LogP contribution in [0.3, 0.4) is 0 Å². The third-order valence-corrected chi connectivity index (χ3v) is 4.90. The number of carbonyl (C=O) groups is 1. The topological polar surface area (TPSA) is 111 Å². The summed E-state index contributed by atoms with van der Waals surface area (Å²) in [5.41, 5.74) is 2.84. The summed E-state index contributed by atoms with van der Waals surface area (Å²) in [5.74, 6) is -0.473. The number of fused-ring (bicyclic) bond motifs is 2. The fraction of sp³-hybridized carbons (Fsp3) is 0.235. The van der Waals surface area contributed by atoms with Crippen LogP contribution in [0.2, 0.25) is 5.02 Å². The Balaban J connectivity index is 1.49. The standard InChI is InChI=1S/C17H14ClN7O3/c18-12-15(21-25-5-1-4-19-16(12)25)17(26)20-10-2-3-11(14-13(10)22-28-23-14)24-6-8-27-9-7-24/h1-5H,6-9H2,(H,20,26). The summed E-state index contributed by atoms with van der Waals surface area (Å²) in [6.45, 7) is 2.78. The van der Waals surface area contributed by atoms with E-state index >= 15 is 0 Å². The number of halogens is 1. The monoisotopic (exact) mass is 399 g/mol. The minimum atomic E-state index is -0.473. The van der Waals surface area contributed by atoms with Crippen molar-refractivity contribution in [3.63, 3.8) is 0 Å². The molecule has 4 heterocycles.